The van der Waals surface area contributed by atoms with Crippen molar-refractivity contribution in [1.82, 2.24) is 9.71 Å². The summed E-state index contributed by atoms with van der Waals surface area (Å²) in [7, 11) is 4.50. The van der Waals surface area contributed by atoms with Crippen molar-refractivity contribution in [2.45, 2.75) is 13.8 Å². The summed E-state index contributed by atoms with van der Waals surface area (Å²) in [5, 5.41) is 10.2. The molecular formula is C15H18N2O5. The third-order valence-electron chi connectivity index (χ3n) is 3.29. The number of Topliss-reactive ketones (excluding diaryl/α,β-unsaturated/α-hetero) is 1. The Labute approximate surface area is 128 Å². The van der Waals surface area contributed by atoms with Crippen LogP contribution in [0.1, 0.15) is 23.1 Å². The van der Waals surface area contributed by atoms with Crippen molar-refractivity contribution in [2.75, 3.05) is 21.3 Å². The van der Waals surface area contributed by atoms with Crippen molar-refractivity contribution in [3.8, 4) is 28.6 Å². The molecule has 0 atom stereocenters. The predicted octanol–water partition coefficient (Wildman–Crippen LogP) is 2.32. The highest BCUT2D eigenvalue weighted by atomic mass is 16.5. The molecule has 118 valence electrons. The number of rotatable bonds is 5. The van der Waals surface area contributed by atoms with Gasteiger partial charge >= 0.3 is 0 Å². The molecule has 1 aromatic carbocycles. The van der Waals surface area contributed by atoms with Gasteiger partial charge < -0.3 is 19.4 Å². The number of aryl methyl sites for hydroxylation is 1. The molecule has 0 bridgehead atoms. The number of methoxy groups -OCH3 is 3. The van der Waals surface area contributed by atoms with E-state index < -0.39 is 0 Å². The number of ether oxygens (including phenoxy) is 3. The topological polar surface area (TPSA) is 82.8 Å². The van der Waals surface area contributed by atoms with Gasteiger partial charge in [0.05, 0.1) is 27.0 Å². The number of ketones is 1. The molecular weight excluding hydrogens is 288 g/mol. The Morgan fingerprint density at radius 2 is 1.68 bits per heavy atom. The molecule has 1 aromatic heterocycles. The molecule has 0 radical (unpaired) electrons. The highest BCUT2D eigenvalue weighted by Crippen LogP contribution is 2.41. The van der Waals surface area contributed by atoms with Crippen molar-refractivity contribution in [3.63, 3.8) is 0 Å². The van der Waals surface area contributed by atoms with Gasteiger partial charge in [0.2, 0.25) is 5.75 Å². The molecule has 0 amide bonds. The lowest BCUT2D eigenvalue weighted by Crippen LogP contribution is -2.05. The Bertz CT molecular complexity index is 696. The Kier molecular flexibility index (Phi) is 4.25. The summed E-state index contributed by atoms with van der Waals surface area (Å²) in [5.41, 5.74) is 1.12. The first kappa shape index (κ1) is 15.7. The maximum absolute atomic E-state index is 11.6. The van der Waals surface area contributed by atoms with Gasteiger partial charge in [0, 0.05) is 12.5 Å². The fraction of sp³-hybridized carbons (Fsp3) is 0.333. The van der Waals surface area contributed by atoms with Crippen LogP contribution in [0.4, 0.5) is 0 Å². The van der Waals surface area contributed by atoms with Crippen molar-refractivity contribution < 1.29 is 24.2 Å². The van der Waals surface area contributed by atoms with Crippen LogP contribution in [0.25, 0.3) is 11.4 Å². The van der Waals surface area contributed by atoms with Gasteiger partial charge in [0.15, 0.2) is 23.1 Å². The van der Waals surface area contributed by atoms with Crippen molar-refractivity contribution in [2.24, 2.45) is 0 Å². The number of aromatic nitrogens is 2. The number of hydrogen-bond acceptors (Lipinski definition) is 6. The van der Waals surface area contributed by atoms with E-state index in [9.17, 15) is 10.0 Å². The minimum Gasteiger partial charge on any atom is -0.493 e. The number of benzene rings is 1. The van der Waals surface area contributed by atoms with Gasteiger partial charge in [-0.05, 0) is 19.1 Å². The Hall–Kier alpha value is -2.70. The predicted molar refractivity (Wildman–Crippen MR) is 79.2 cm³/mol. The zero-order chi connectivity index (χ0) is 16.4. The van der Waals surface area contributed by atoms with E-state index in [1.165, 1.54) is 28.3 Å². The minimum absolute atomic E-state index is 0.142. The molecule has 2 rings (SSSR count). The third-order valence-corrected chi connectivity index (χ3v) is 3.29. The number of nitrogens with zero attached hydrogens (tertiary/aromatic N) is 2. The summed E-state index contributed by atoms with van der Waals surface area (Å²) in [6, 6.07) is 3.31. The normalized spacial score (nSPS) is 10.4. The average molecular weight is 306 g/mol. The Morgan fingerprint density at radius 1 is 1.14 bits per heavy atom. The quantitative estimate of drug-likeness (QED) is 0.674. The average Bonchev–Trinajstić information content (AvgIpc) is 2.80. The Balaban J connectivity index is 2.68. The van der Waals surface area contributed by atoms with Crippen LogP contribution < -0.4 is 14.2 Å². The van der Waals surface area contributed by atoms with Gasteiger partial charge in [-0.3, -0.25) is 4.79 Å². The molecule has 1 heterocycles. The van der Waals surface area contributed by atoms with Crippen molar-refractivity contribution >= 4 is 5.78 Å². The lowest BCUT2D eigenvalue weighted by Gasteiger charge is -2.13. The van der Waals surface area contributed by atoms with Crippen LogP contribution in [-0.4, -0.2) is 42.0 Å². The molecule has 2 aromatic rings. The first-order valence-electron chi connectivity index (χ1n) is 6.54. The summed E-state index contributed by atoms with van der Waals surface area (Å²) >= 11 is 0. The van der Waals surface area contributed by atoms with Gasteiger partial charge in [-0.1, -0.05) is 0 Å². The van der Waals surface area contributed by atoms with E-state index in [4.69, 9.17) is 14.2 Å². The van der Waals surface area contributed by atoms with Gasteiger partial charge in [-0.15, -0.1) is 0 Å². The fourth-order valence-electron chi connectivity index (χ4n) is 2.32. The SMILES string of the molecule is COc1cc(-c2nc(C)c(C(C)=O)n2O)cc(OC)c1OC. The summed E-state index contributed by atoms with van der Waals surface area (Å²) in [4.78, 5) is 15.8. The van der Waals surface area contributed by atoms with E-state index in [0.717, 1.165) is 4.73 Å². The Morgan fingerprint density at radius 3 is 2.05 bits per heavy atom. The largest absolute Gasteiger partial charge is 0.493 e. The maximum atomic E-state index is 11.6. The second kappa shape index (κ2) is 5.97. The highest BCUT2D eigenvalue weighted by Gasteiger charge is 2.21. The molecule has 0 saturated carbocycles. The van der Waals surface area contributed by atoms with Gasteiger partial charge in [-0.2, -0.15) is 4.73 Å². The summed E-state index contributed by atoms with van der Waals surface area (Å²) in [6.45, 7) is 3.03. The second-order valence-electron chi connectivity index (χ2n) is 4.65. The zero-order valence-electron chi connectivity index (χ0n) is 13.1. The molecule has 0 saturated heterocycles. The van der Waals surface area contributed by atoms with Crippen LogP contribution in [0, 0.1) is 6.92 Å². The van der Waals surface area contributed by atoms with E-state index in [2.05, 4.69) is 4.98 Å². The van der Waals surface area contributed by atoms with Crippen LogP contribution in [0.3, 0.4) is 0 Å². The molecule has 7 heteroatoms. The van der Waals surface area contributed by atoms with E-state index >= 15 is 0 Å². The zero-order valence-corrected chi connectivity index (χ0v) is 13.1. The number of imidazole rings is 1. The first-order valence-corrected chi connectivity index (χ1v) is 6.54. The van der Waals surface area contributed by atoms with E-state index in [-0.39, 0.29) is 17.3 Å². The van der Waals surface area contributed by atoms with E-state index in [1.807, 2.05) is 0 Å². The first-order chi connectivity index (χ1) is 10.4. The van der Waals surface area contributed by atoms with Crippen LogP contribution in [0.15, 0.2) is 12.1 Å². The lowest BCUT2D eigenvalue weighted by molar-refractivity contribution is 0.0965. The molecule has 1 N–H and O–H groups in total. The van der Waals surface area contributed by atoms with Gasteiger partial charge in [0.1, 0.15) is 5.69 Å². The second-order valence-corrected chi connectivity index (χ2v) is 4.65. The summed E-state index contributed by atoms with van der Waals surface area (Å²) < 4.78 is 16.6. The number of carbonyl (C=O) groups is 1. The minimum atomic E-state index is -0.272. The molecule has 0 spiro atoms. The summed E-state index contributed by atoms with van der Waals surface area (Å²) in [6.07, 6.45) is 0. The highest BCUT2D eigenvalue weighted by molar-refractivity contribution is 5.94. The fourth-order valence-corrected chi connectivity index (χ4v) is 2.32. The van der Waals surface area contributed by atoms with Crippen molar-refractivity contribution in [3.05, 3.63) is 23.5 Å². The van der Waals surface area contributed by atoms with Crippen LogP contribution >= 0.6 is 0 Å². The van der Waals surface area contributed by atoms with Crippen LogP contribution in [0.5, 0.6) is 17.2 Å². The van der Waals surface area contributed by atoms with Gasteiger partial charge in [0.25, 0.3) is 0 Å². The van der Waals surface area contributed by atoms with Crippen LogP contribution in [0.2, 0.25) is 0 Å². The summed E-state index contributed by atoms with van der Waals surface area (Å²) in [5.74, 6) is 1.25. The number of hydrogen-bond donors (Lipinski definition) is 1. The molecule has 0 unspecified atom stereocenters. The maximum Gasteiger partial charge on any atom is 0.203 e. The molecule has 0 aliphatic heterocycles. The van der Waals surface area contributed by atoms with E-state index in [0.29, 0.717) is 28.5 Å². The number of carbonyl (C=O) groups excluding carboxylic acids is 1. The monoisotopic (exact) mass is 306 g/mol. The van der Waals surface area contributed by atoms with Gasteiger partial charge in [-0.25, -0.2) is 4.98 Å². The third kappa shape index (κ3) is 2.45. The molecule has 0 aliphatic carbocycles. The standard InChI is InChI=1S/C15H18N2O5/c1-8-13(9(2)18)17(19)15(16-8)10-6-11(20-3)14(22-5)12(7-10)21-4/h6-7,19H,1-5H3. The smallest absolute Gasteiger partial charge is 0.203 e. The molecule has 7 nitrogen and oxygen atoms in total. The van der Waals surface area contributed by atoms with E-state index in [1.54, 1.807) is 19.1 Å². The molecule has 22 heavy (non-hydrogen) atoms. The molecule has 0 fully saturated rings. The lowest BCUT2D eigenvalue weighted by atomic mass is 10.1. The molecule has 0 aliphatic rings. The van der Waals surface area contributed by atoms with Crippen LogP contribution in [-0.2, 0) is 0 Å². The van der Waals surface area contributed by atoms with Crippen molar-refractivity contribution in [1.29, 1.82) is 0 Å².